The molecule has 2 atom stereocenters. The quantitative estimate of drug-likeness (QED) is 0.307. The van der Waals surface area contributed by atoms with Gasteiger partial charge in [0.1, 0.15) is 27.9 Å². The zero-order valence-corrected chi connectivity index (χ0v) is 16.8. The van der Waals surface area contributed by atoms with Gasteiger partial charge in [0, 0.05) is 0 Å². The molecule has 0 spiro atoms. The summed E-state index contributed by atoms with van der Waals surface area (Å²) in [7, 11) is 0. The molecule has 9 heteroatoms. The molecular formula is C17H23NO6S2. The van der Waals surface area contributed by atoms with Crippen LogP contribution in [0.5, 0.6) is 0 Å². The van der Waals surface area contributed by atoms with Crippen LogP contribution in [0.15, 0.2) is 39.6 Å². The molecule has 1 aromatic rings. The first kappa shape index (κ1) is 22.3. The lowest BCUT2D eigenvalue weighted by atomic mass is 9.99. The fraction of sp³-hybridized carbons (Fsp3) is 0.471. The molecule has 0 unspecified atom stereocenters. The normalized spacial score (nSPS) is 13.7. The standard InChI is InChI=1S/C17H23NO6S2/c1-5-22-15(20)11(14(19)13-8-7-9-24-13)10-12(16(21)23-6-2)18-17(25-3)26-4/h7-11,14,19H,5-6H2,1-4H3/b12-10-/t11-,14+/m0/s1. The van der Waals surface area contributed by atoms with E-state index in [-0.39, 0.29) is 24.7 Å². The summed E-state index contributed by atoms with van der Waals surface area (Å²) >= 11 is 2.71. The van der Waals surface area contributed by atoms with Gasteiger partial charge in [0.25, 0.3) is 0 Å². The van der Waals surface area contributed by atoms with Gasteiger partial charge in [-0.3, -0.25) is 4.79 Å². The number of rotatable bonds is 8. The van der Waals surface area contributed by atoms with E-state index in [0.717, 1.165) is 0 Å². The smallest absolute Gasteiger partial charge is 0.356 e. The van der Waals surface area contributed by atoms with Gasteiger partial charge in [-0.15, -0.1) is 23.5 Å². The van der Waals surface area contributed by atoms with E-state index in [9.17, 15) is 14.7 Å². The molecule has 0 aliphatic carbocycles. The Morgan fingerprint density at radius 3 is 2.42 bits per heavy atom. The van der Waals surface area contributed by atoms with Crippen molar-refractivity contribution in [1.29, 1.82) is 0 Å². The predicted molar refractivity (Wildman–Crippen MR) is 103 cm³/mol. The van der Waals surface area contributed by atoms with Crippen LogP contribution in [0.3, 0.4) is 0 Å². The van der Waals surface area contributed by atoms with Crippen molar-refractivity contribution >= 4 is 39.8 Å². The Kier molecular flexibility index (Phi) is 10.2. The molecule has 144 valence electrons. The van der Waals surface area contributed by atoms with Crippen molar-refractivity contribution in [2.24, 2.45) is 10.9 Å². The maximum Gasteiger partial charge on any atom is 0.356 e. The molecule has 0 bridgehead atoms. The summed E-state index contributed by atoms with van der Waals surface area (Å²) in [6.45, 7) is 3.61. The van der Waals surface area contributed by atoms with Gasteiger partial charge in [0.05, 0.1) is 19.5 Å². The molecule has 0 aliphatic rings. The number of aliphatic hydroxyl groups is 1. The van der Waals surface area contributed by atoms with Gasteiger partial charge in [-0.05, 0) is 44.6 Å². The molecule has 1 rings (SSSR count). The second kappa shape index (κ2) is 11.8. The van der Waals surface area contributed by atoms with Crippen LogP contribution >= 0.6 is 23.5 Å². The molecular weight excluding hydrogens is 378 g/mol. The number of carbonyl (C=O) groups excluding carboxylic acids is 2. The van der Waals surface area contributed by atoms with E-state index >= 15 is 0 Å². The lowest BCUT2D eigenvalue weighted by molar-refractivity contribution is -0.150. The molecule has 1 heterocycles. The Labute approximate surface area is 161 Å². The zero-order valence-electron chi connectivity index (χ0n) is 15.1. The number of aliphatic imine (C=N–C) groups is 1. The van der Waals surface area contributed by atoms with Crippen molar-refractivity contribution in [3.8, 4) is 0 Å². The third-order valence-corrected chi connectivity index (χ3v) is 5.00. The van der Waals surface area contributed by atoms with Crippen LogP contribution in [0, 0.1) is 5.92 Å². The number of furan rings is 1. The van der Waals surface area contributed by atoms with Crippen molar-refractivity contribution < 1.29 is 28.6 Å². The van der Waals surface area contributed by atoms with Crippen molar-refractivity contribution in [3.05, 3.63) is 35.9 Å². The Bertz CT molecular complexity index is 636. The van der Waals surface area contributed by atoms with Crippen LogP contribution in [-0.2, 0) is 19.1 Å². The van der Waals surface area contributed by atoms with Crippen molar-refractivity contribution in [2.75, 3.05) is 25.7 Å². The molecule has 0 radical (unpaired) electrons. The highest BCUT2D eigenvalue weighted by molar-refractivity contribution is 8.38. The zero-order chi connectivity index (χ0) is 19.5. The highest BCUT2D eigenvalue weighted by Crippen LogP contribution is 2.27. The molecule has 0 saturated heterocycles. The van der Waals surface area contributed by atoms with Crippen molar-refractivity contribution in [1.82, 2.24) is 0 Å². The minimum atomic E-state index is -1.32. The number of esters is 2. The fourth-order valence-electron chi connectivity index (χ4n) is 1.96. The van der Waals surface area contributed by atoms with Gasteiger partial charge >= 0.3 is 11.9 Å². The van der Waals surface area contributed by atoms with Crippen LogP contribution in [0.1, 0.15) is 25.7 Å². The minimum Gasteiger partial charge on any atom is -0.467 e. The SMILES string of the molecule is CCOC(=O)/C(=C/[C@H](C(=O)OCC)[C@@H](O)c1ccco1)N=C(SC)SC. The molecule has 0 aromatic carbocycles. The van der Waals surface area contributed by atoms with Crippen LogP contribution in [-0.4, -0.2) is 47.1 Å². The average molecular weight is 402 g/mol. The Morgan fingerprint density at radius 1 is 1.27 bits per heavy atom. The van der Waals surface area contributed by atoms with E-state index < -0.39 is 24.0 Å². The van der Waals surface area contributed by atoms with E-state index in [1.165, 1.54) is 41.9 Å². The molecule has 1 aromatic heterocycles. The summed E-state index contributed by atoms with van der Waals surface area (Å²) in [6, 6.07) is 3.13. The van der Waals surface area contributed by atoms with E-state index in [1.54, 1.807) is 19.9 Å². The molecule has 7 nitrogen and oxygen atoms in total. The first-order valence-electron chi connectivity index (χ1n) is 7.92. The third kappa shape index (κ3) is 6.54. The van der Waals surface area contributed by atoms with Crippen molar-refractivity contribution in [3.63, 3.8) is 0 Å². The number of thioether (sulfide) groups is 2. The Morgan fingerprint density at radius 2 is 1.92 bits per heavy atom. The van der Waals surface area contributed by atoms with Crippen LogP contribution in [0.2, 0.25) is 0 Å². The number of hydrogen-bond acceptors (Lipinski definition) is 9. The van der Waals surface area contributed by atoms with E-state index in [0.29, 0.717) is 4.38 Å². The largest absolute Gasteiger partial charge is 0.467 e. The second-order valence-corrected chi connectivity index (χ2v) is 6.64. The summed E-state index contributed by atoms with van der Waals surface area (Å²) in [6.07, 6.45) is 4.96. The van der Waals surface area contributed by atoms with Gasteiger partial charge in [-0.2, -0.15) is 0 Å². The summed E-state index contributed by atoms with van der Waals surface area (Å²) in [5.41, 5.74) is -0.0748. The Balaban J connectivity index is 3.34. The number of aliphatic hydroxyl groups excluding tert-OH is 1. The van der Waals surface area contributed by atoms with E-state index in [2.05, 4.69) is 4.99 Å². The third-order valence-electron chi connectivity index (χ3n) is 3.12. The number of nitrogens with zero attached hydrogens (tertiary/aromatic N) is 1. The summed E-state index contributed by atoms with van der Waals surface area (Å²) in [5, 5.41) is 10.5. The van der Waals surface area contributed by atoms with Gasteiger partial charge in [0.2, 0.25) is 0 Å². The number of carbonyl (C=O) groups is 2. The van der Waals surface area contributed by atoms with Crippen LogP contribution < -0.4 is 0 Å². The van der Waals surface area contributed by atoms with Crippen LogP contribution in [0.4, 0.5) is 0 Å². The maximum absolute atomic E-state index is 12.3. The number of hydrogen-bond donors (Lipinski definition) is 1. The molecule has 0 fully saturated rings. The Hall–Kier alpha value is -1.71. The monoisotopic (exact) mass is 401 g/mol. The first-order valence-corrected chi connectivity index (χ1v) is 10.4. The van der Waals surface area contributed by atoms with E-state index in [4.69, 9.17) is 13.9 Å². The van der Waals surface area contributed by atoms with Gasteiger partial charge < -0.3 is 19.0 Å². The molecule has 26 heavy (non-hydrogen) atoms. The molecule has 0 aliphatic heterocycles. The number of ether oxygens (including phenoxy) is 2. The average Bonchev–Trinajstić information content (AvgIpc) is 3.16. The summed E-state index contributed by atoms with van der Waals surface area (Å²) < 4.78 is 15.8. The predicted octanol–water partition coefficient (Wildman–Crippen LogP) is 3.02. The lowest BCUT2D eigenvalue weighted by Gasteiger charge is -2.17. The minimum absolute atomic E-state index is 0.0748. The highest BCUT2D eigenvalue weighted by Gasteiger charge is 2.31. The fourth-order valence-corrected chi connectivity index (χ4v) is 3.01. The van der Waals surface area contributed by atoms with Gasteiger partial charge in [0.15, 0.2) is 0 Å². The topological polar surface area (TPSA) is 98.3 Å². The lowest BCUT2D eigenvalue weighted by Crippen LogP contribution is -2.24. The summed E-state index contributed by atoms with van der Waals surface area (Å²) in [4.78, 5) is 28.9. The van der Waals surface area contributed by atoms with Crippen molar-refractivity contribution in [2.45, 2.75) is 20.0 Å². The second-order valence-electron chi connectivity index (χ2n) is 4.80. The van der Waals surface area contributed by atoms with Gasteiger partial charge in [-0.25, -0.2) is 9.79 Å². The van der Waals surface area contributed by atoms with Gasteiger partial charge in [-0.1, -0.05) is 0 Å². The first-order chi connectivity index (χ1) is 12.5. The molecule has 0 saturated carbocycles. The highest BCUT2D eigenvalue weighted by atomic mass is 32.2. The maximum atomic E-state index is 12.3. The van der Waals surface area contributed by atoms with E-state index in [1.807, 2.05) is 12.5 Å². The summed E-state index contributed by atoms with van der Waals surface area (Å²) in [5.74, 6) is -2.37. The molecule has 0 amide bonds. The van der Waals surface area contributed by atoms with Crippen LogP contribution in [0.25, 0.3) is 0 Å². The molecule has 1 N–H and O–H groups in total.